The largest absolute Gasteiger partial charge is 0.480 e. The second-order valence-corrected chi connectivity index (χ2v) is 6.81. The second-order valence-electron chi connectivity index (χ2n) is 6.81. The van der Waals surface area contributed by atoms with Gasteiger partial charge in [0.05, 0.1) is 6.54 Å². The number of aliphatic carboxylic acids is 1. The Kier molecular flexibility index (Phi) is 5.22. The quantitative estimate of drug-likeness (QED) is 0.851. The molecule has 2 amide bonds. The number of rotatable bonds is 5. The maximum Gasteiger partial charge on any atom is 0.317 e. The number of nitrogens with zero attached hydrogens (tertiary/aromatic N) is 2. The van der Waals surface area contributed by atoms with Gasteiger partial charge in [0.2, 0.25) is 0 Å². The maximum absolute atomic E-state index is 13.4. The Labute approximate surface area is 146 Å². The number of carboxylic acids is 1. The van der Waals surface area contributed by atoms with Crippen LogP contribution in [0.15, 0.2) is 18.2 Å². The average Bonchev–Trinajstić information content (AvgIpc) is 2.54. The smallest absolute Gasteiger partial charge is 0.317 e. The lowest BCUT2D eigenvalue weighted by Crippen LogP contribution is -2.57. The van der Waals surface area contributed by atoms with E-state index in [-0.39, 0.29) is 30.5 Å². The van der Waals surface area contributed by atoms with Crippen LogP contribution in [0.1, 0.15) is 30.9 Å². The lowest BCUT2D eigenvalue weighted by atomic mass is 9.85. The van der Waals surface area contributed by atoms with Crippen LogP contribution in [-0.4, -0.2) is 58.6 Å². The van der Waals surface area contributed by atoms with Gasteiger partial charge in [0.25, 0.3) is 0 Å². The Morgan fingerprint density at radius 3 is 2.80 bits per heavy atom. The highest BCUT2D eigenvalue weighted by molar-refractivity contribution is 5.75. The monoisotopic (exact) mass is 349 g/mol. The van der Waals surface area contributed by atoms with E-state index in [2.05, 4.69) is 5.32 Å². The van der Waals surface area contributed by atoms with Gasteiger partial charge < -0.3 is 15.3 Å². The zero-order chi connectivity index (χ0) is 18.0. The Morgan fingerprint density at radius 1 is 1.36 bits per heavy atom. The molecule has 2 aliphatic rings. The van der Waals surface area contributed by atoms with Gasteiger partial charge in [-0.15, -0.1) is 0 Å². The van der Waals surface area contributed by atoms with Crippen LogP contribution in [0, 0.1) is 5.82 Å². The molecular weight excluding hydrogens is 325 g/mol. The van der Waals surface area contributed by atoms with Crippen molar-refractivity contribution in [3.63, 3.8) is 0 Å². The lowest BCUT2D eigenvalue weighted by molar-refractivity contribution is -0.139. The van der Waals surface area contributed by atoms with E-state index in [1.54, 1.807) is 11.0 Å². The van der Waals surface area contributed by atoms with Crippen molar-refractivity contribution in [2.45, 2.75) is 44.8 Å². The van der Waals surface area contributed by atoms with E-state index in [0.29, 0.717) is 19.6 Å². The third kappa shape index (κ3) is 4.10. The van der Waals surface area contributed by atoms with Gasteiger partial charge in [0.1, 0.15) is 5.82 Å². The molecule has 136 valence electrons. The molecule has 2 N–H and O–H groups in total. The first-order chi connectivity index (χ1) is 12.0. The number of nitrogens with one attached hydrogen (secondary N) is 1. The van der Waals surface area contributed by atoms with Crippen LogP contribution in [-0.2, 0) is 17.8 Å². The van der Waals surface area contributed by atoms with Crippen LogP contribution < -0.4 is 5.32 Å². The van der Waals surface area contributed by atoms with E-state index < -0.39 is 5.97 Å². The third-order valence-corrected chi connectivity index (χ3v) is 5.17. The highest BCUT2D eigenvalue weighted by Gasteiger charge is 2.35. The minimum atomic E-state index is -0.825. The minimum Gasteiger partial charge on any atom is -0.480 e. The molecule has 0 aromatic heterocycles. The van der Waals surface area contributed by atoms with E-state index in [1.807, 2.05) is 11.8 Å². The molecule has 6 nitrogen and oxygen atoms in total. The van der Waals surface area contributed by atoms with Crippen molar-refractivity contribution in [1.82, 2.24) is 15.1 Å². The number of carbonyl (C=O) groups is 2. The summed E-state index contributed by atoms with van der Waals surface area (Å²) in [6.07, 6.45) is 2.27. The number of hydrogen-bond donors (Lipinski definition) is 2. The Morgan fingerprint density at radius 2 is 2.12 bits per heavy atom. The van der Waals surface area contributed by atoms with Gasteiger partial charge in [-0.25, -0.2) is 9.18 Å². The first-order valence-electron chi connectivity index (χ1n) is 8.75. The summed E-state index contributed by atoms with van der Waals surface area (Å²) in [6, 6.07) is 4.91. The molecule has 1 saturated carbocycles. The van der Waals surface area contributed by atoms with Gasteiger partial charge in [0, 0.05) is 25.2 Å². The van der Waals surface area contributed by atoms with E-state index in [0.717, 1.165) is 30.4 Å². The summed E-state index contributed by atoms with van der Waals surface area (Å²) in [4.78, 5) is 26.9. The van der Waals surface area contributed by atoms with Crippen LogP contribution in [0.5, 0.6) is 0 Å². The number of fused-ring (bicyclic) bond motifs is 1. The first kappa shape index (κ1) is 17.7. The van der Waals surface area contributed by atoms with Crippen LogP contribution in [0.25, 0.3) is 0 Å². The normalized spacial score (nSPS) is 22.3. The number of likely N-dealkylation sites (N-methyl/N-ethyl adjacent to an activating group) is 1. The first-order valence-corrected chi connectivity index (χ1v) is 8.75. The summed E-state index contributed by atoms with van der Waals surface area (Å²) in [7, 11) is 0. The van der Waals surface area contributed by atoms with Gasteiger partial charge in [-0.1, -0.05) is 13.0 Å². The number of hydrogen-bond acceptors (Lipinski definition) is 3. The van der Waals surface area contributed by atoms with Crippen molar-refractivity contribution in [1.29, 1.82) is 0 Å². The third-order valence-electron chi connectivity index (χ3n) is 5.17. The molecule has 0 atom stereocenters. The molecule has 1 heterocycles. The summed E-state index contributed by atoms with van der Waals surface area (Å²) in [6.45, 7) is 3.72. The van der Waals surface area contributed by atoms with Gasteiger partial charge in [-0.05, 0) is 49.1 Å². The Balaban J connectivity index is 1.49. The van der Waals surface area contributed by atoms with Gasteiger partial charge in [-0.3, -0.25) is 9.69 Å². The summed E-state index contributed by atoms with van der Waals surface area (Å²) >= 11 is 0. The van der Waals surface area contributed by atoms with E-state index >= 15 is 0 Å². The van der Waals surface area contributed by atoms with Crippen molar-refractivity contribution in [3.8, 4) is 0 Å². The standard InChI is InChI=1S/C18H24FN3O3/c1-2-21(11-17(23)24)16-8-15(9-16)20-18(25)22-6-5-12-3-4-14(19)7-13(12)10-22/h3-4,7,15-16H,2,5-6,8-11H2,1H3,(H,20,25)(H,23,24). The molecule has 3 rings (SSSR count). The summed E-state index contributed by atoms with van der Waals surface area (Å²) in [5.41, 5.74) is 1.97. The molecule has 1 aliphatic heterocycles. The molecule has 0 spiro atoms. The lowest BCUT2D eigenvalue weighted by Gasteiger charge is -2.43. The molecule has 25 heavy (non-hydrogen) atoms. The van der Waals surface area contributed by atoms with Crippen LogP contribution in [0.4, 0.5) is 9.18 Å². The fraction of sp³-hybridized carbons (Fsp3) is 0.556. The average molecular weight is 349 g/mol. The summed E-state index contributed by atoms with van der Waals surface area (Å²) < 4.78 is 13.4. The van der Waals surface area contributed by atoms with Crippen molar-refractivity contribution in [2.75, 3.05) is 19.6 Å². The van der Waals surface area contributed by atoms with E-state index in [9.17, 15) is 14.0 Å². The zero-order valence-electron chi connectivity index (χ0n) is 14.4. The summed E-state index contributed by atoms with van der Waals surface area (Å²) in [5, 5.41) is 11.9. The number of carbonyl (C=O) groups excluding carboxylic acids is 1. The zero-order valence-corrected chi connectivity index (χ0v) is 14.4. The van der Waals surface area contributed by atoms with Crippen molar-refractivity contribution in [3.05, 3.63) is 35.1 Å². The molecule has 7 heteroatoms. The van der Waals surface area contributed by atoms with Gasteiger partial charge >= 0.3 is 12.0 Å². The Bertz CT molecular complexity index is 661. The highest BCUT2D eigenvalue weighted by atomic mass is 19.1. The van der Waals surface area contributed by atoms with Gasteiger partial charge in [0.15, 0.2) is 0 Å². The minimum absolute atomic E-state index is 0.0380. The second kappa shape index (κ2) is 7.39. The van der Waals surface area contributed by atoms with Crippen LogP contribution in [0.3, 0.4) is 0 Å². The van der Waals surface area contributed by atoms with Crippen LogP contribution >= 0.6 is 0 Å². The fourth-order valence-corrected chi connectivity index (χ4v) is 3.64. The topological polar surface area (TPSA) is 72.9 Å². The molecular formula is C18H24FN3O3. The number of amides is 2. The van der Waals surface area contributed by atoms with Crippen LogP contribution in [0.2, 0.25) is 0 Å². The molecule has 1 aromatic carbocycles. The highest BCUT2D eigenvalue weighted by Crippen LogP contribution is 2.26. The summed E-state index contributed by atoms with van der Waals surface area (Å²) in [5.74, 6) is -1.10. The number of halogens is 1. The molecule has 0 radical (unpaired) electrons. The van der Waals surface area contributed by atoms with Crippen molar-refractivity contribution < 1.29 is 19.1 Å². The van der Waals surface area contributed by atoms with E-state index in [4.69, 9.17) is 5.11 Å². The van der Waals surface area contributed by atoms with E-state index in [1.165, 1.54) is 12.1 Å². The maximum atomic E-state index is 13.4. The number of carboxylic acid groups (broad SMARTS) is 1. The molecule has 1 aromatic rings. The molecule has 0 saturated heterocycles. The predicted octanol–water partition coefficient (Wildman–Crippen LogP) is 1.83. The SMILES string of the molecule is CCN(CC(=O)O)C1CC(NC(=O)N2CCc3ccc(F)cc3C2)C1. The van der Waals surface area contributed by atoms with Crippen molar-refractivity contribution >= 4 is 12.0 Å². The number of urea groups is 1. The Hall–Kier alpha value is -2.15. The van der Waals surface area contributed by atoms with Crippen molar-refractivity contribution in [2.24, 2.45) is 0 Å². The predicted molar refractivity (Wildman–Crippen MR) is 90.7 cm³/mol. The number of benzene rings is 1. The fourth-order valence-electron chi connectivity index (χ4n) is 3.64. The molecule has 0 bridgehead atoms. The molecule has 0 unspecified atom stereocenters. The molecule has 1 fully saturated rings. The van der Waals surface area contributed by atoms with Gasteiger partial charge in [-0.2, -0.15) is 0 Å². The molecule has 1 aliphatic carbocycles.